The van der Waals surface area contributed by atoms with E-state index in [1.54, 1.807) is 0 Å². The van der Waals surface area contributed by atoms with Gasteiger partial charge in [0.05, 0.1) is 0 Å². The second-order valence-corrected chi connectivity index (χ2v) is 8.14. The second kappa shape index (κ2) is 12.5. The molecule has 3 aromatic rings. The zero-order valence-electron chi connectivity index (χ0n) is 19.2. The molecule has 0 aliphatic heterocycles. The molecule has 32 heavy (non-hydrogen) atoms. The lowest BCUT2D eigenvalue weighted by Gasteiger charge is -2.01. The van der Waals surface area contributed by atoms with E-state index < -0.39 is 0 Å². The Hall–Kier alpha value is -3.29. The number of hydrogen-bond acceptors (Lipinski definition) is 0. The van der Waals surface area contributed by atoms with Crippen LogP contribution in [0.3, 0.4) is 0 Å². The number of unbranched alkanes of at least 4 members (excludes halogenated alkanes) is 3. The molecular formula is C31H31F. The summed E-state index contributed by atoms with van der Waals surface area (Å²) in [4.78, 5) is 0. The van der Waals surface area contributed by atoms with Crippen molar-refractivity contribution in [2.24, 2.45) is 0 Å². The van der Waals surface area contributed by atoms with Gasteiger partial charge in [0.25, 0.3) is 0 Å². The van der Waals surface area contributed by atoms with Gasteiger partial charge in [0, 0.05) is 22.3 Å². The first-order valence-electron chi connectivity index (χ1n) is 11.7. The van der Waals surface area contributed by atoms with Gasteiger partial charge in [-0.1, -0.05) is 81.4 Å². The number of aryl methyl sites for hydroxylation is 2. The molecule has 3 rings (SSSR count). The smallest absolute Gasteiger partial charge is 0.127 e. The first-order valence-corrected chi connectivity index (χ1v) is 11.7. The predicted octanol–water partition coefficient (Wildman–Crippen LogP) is 7.70. The highest BCUT2D eigenvalue weighted by atomic mass is 19.1. The van der Waals surface area contributed by atoms with Crippen LogP contribution in [-0.4, -0.2) is 0 Å². The van der Waals surface area contributed by atoms with E-state index in [4.69, 9.17) is 0 Å². The molecule has 0 heterocycles. The highest BCUT2D eigenvalue weighted by molar-refractivity contribution is 5.48. The fourth-order valence-electron chi connectivity index (χ4n) is 3.53. The molecule has 0 spiro atoms. The molecule has 0 radical (unpaired) electrons. The zero-order valence-corrected chi connectivity index (χ0v) is 19.2. The maximum Gasteiger partial charge on any atom is 0.127 e. The lowest BCUT2D eigenvalue weighted by molar-refractivity contribution is 0.607. The van der Waals surface area contributed by atoms with Crippen molar-refractivity contribution < 1.29 is 4.39 Å². The Bertz CT molecular complexity index is 1110. The molecule has 0 N–H and O–H groups in total. The molecule has 0 unspecified atom stereocenters. The zero-order chi connectivity index (χ0) is 22.6. The summed E-state index contributed by atoms with van der Waals surface area (Å²) in [6, 6.07) is 21.7. The van der Waals surface area contributed by atoms with E-state index >= 15 is 0 Å². The summed E-state index contributed by atoms with van der Waals surface area (Å²) in [5.41, 5.74) is 5.70. The average Bonchev–Trinajstić information content (AvgIpc) is 2.82. The van der Waals surface area contributed by atoms with Crippen LogP contribution in [0, 0.1) is 29.5 Å². The van der Waals surface area contributed by atoms with Gasteiger partial charge >= 0.3 is 0 Å². The Morgan fingerprint density at radius 1 is 0.562 bits per heavy atom. The third-order valence-electron chi connectivity index (χ3n) is 5.43. The minimum Gasteiger partial charge on any atom is -0.207 e. The van der Waals surface area contributed by atoms with Crippen molar-refractivity contribution in [1.82, 2.24) is 0 Å². The Morgan fingerprint density at radius 2 is 1.09 bits per heavy atom. The summed E-state index contributed by atoms with van der Waals surface area (Å²) in [5.74, 6) is 12.4. The van der Waals surface area contributed by atoms with Crippen LogP contribution < -0.4 is 0 Å². The Morgan fingerprint density at radius 3 is 1.62 bits per heavy atom. The van der Waals surface area contributed by atoms with Gasteiger partial charge in [-0.3, -0.25) is 0 Å². The number of benzene rings is 3. The van der Waals surface area contributed by atoms with Gasteiger partial charge in [-0.15, -0.1) is 0 Å². The van der Waals surface area contributed by atoms with Crippen molar-refractivity contribution in [3.8, 4) is 23.7 Å². The number of hydrogen-bond donors (Lipinski definition) is 0. The minimum absolute atomic E-state index is 0.172. The summed E-state index contributed by atoms with van der Waals surface area (Å²) in [6.07, 6.45) is 7.99. The summed E-state index contributed by atoms with van der Waals surface area (Å²) in [7, 11) is 0. The minimum atomic E-state index is -0.172. The topological polar surface area (TPSA) is 0 Å². The molecule has 0 aliphatic rings. The van der Waals surface area contributed by atoms with Crippen LogP contribution in [0.25, 0.3) is 0 Å². The van der Waals surface area contributed by atoms with E-state index in [-0.39, 0.29) is 5.82 Å². The number of rotatable bonds is 7. The van der Waals surface area contributed by atoms with Gasteiger partial charge < -0.3 is 0 Å². The summed E-state index contributed by atoms with van der Waals surface area (Å²) in [6.45, 7) is 4.29. The average molecular weight is 423 g/mol. The SMILES string of the molecule is CCCCCCc1ccc(C#Cc2ccc(C#Cc3ccc(CCC)c(F)c3)cc2)cc1. The summed E-state index contributed by atoms with van der Waals surface area (Å²) in [5, 5.41) is 0. The molecule has 0 amide bonds. The fraction of sp³-hybridized carbons (Fsp3) is 0.290. The van der Waals surface area contributed by atoms with Crippen LogP contribution in [0.5, 0.6) is 0 Å². The molecule has 0 nitrogen and oxygen atoms in total. The Labute approximate surface area is 192 Å². The van der Waals surface area contributed by atoms with Crippen LogP contribution >= 0.6 is 0 Å². The molecule has 162 valence electrons. The van der Waals surface area contributed by atoms with Crippen LogP contribution in [0.4, 0.5) is 4.39 Å². The molecule has 0 saturated carbocycles. The molecular weight excluding hydrogens is 391 g/mol. The van der Waals surface area contributed by atoms with Crippen molar-refractivity contribution in [2.75, 3.05) is 0 Å². The molecule has 1 heteroatoms. The van der Waals surface area contributed by atoms with Gasteiger partial charge in [-0.05, 0) is 78.9 Å². The van der Waals surface area contributed by atoms with Gasteiger partial charge in [0.15, 0.2) is 0 Å². The summed E-state index contributed by atoms with van der Waals surface area (Å²) < 4.78 is 14.1. The van der Waals surface area contributed by atoms with E-state index in [0.717, 1.165) is 41.5 Å². The van der Waals surface area contributed by atoms with Gasteiger partial charge in [-0.25, -0.2) is 4.39 Å². The molecule has 0 saturated heterocycles. The maximum atomic E-state index is 14.1. The van der Waals surface area contributed by atoms with Gasteiger partial charge in [-0.2, -0.15) is 0 Å². The Balaban J connectivity index is 1.59. The molecule has 0 atom stereocenters. The van der Waals surface area contributed by atoms with E-state index in [1.165, 1.54) is 37.3 Å². The third kappa shape index (κ3) is 7.44. The highest BCUT2D eigenvalue weighted by Crippen LogP contribution is 2.13. The highest BCUT2D eigenvalue weighted by Gasteiger charge is 2.01. The first-order chi connectivity index (χ1) is 15.7. The molecule has 3 aromatic carbocycles. The molecule has 0 aliphatic carbocycles. The van der Waals surface area contributed by atoms with Gasteiger partial charge in [0.2, 0.25) is 0 Å². The van der Waals surface area contributed by atoms with Crippen molar-refractivity contribution in [1.29, 1.82) is 0 Å². The van der Waals surface area contributed by atoms with Crippen LogP contribution in [0.1, 0.15) is 79.3 Å². The number of halogens is 1. The Kier molecular flexibility index (Phi) is 9.16. The molecule has 0 aromatic heterocycles. The molecule has 0 bridgehead atoms. The maximum absolute atomic E-state index is 14.1. The lowest BCUT2D eigenvalue weighted by atomic mass is 10.0. The van der Waals surface area contributed by atoms with E-state index in [1.807, 2.05) is 43.3 Å². The van der Waals surface area contributed by atoms with Crippen molar-refractivity contribution in [3.05, 3.63) is 106 Å². The van der Waals surface area contributed by atoms with E-state index in [2.05, 4.69) is 54.9 Å². The van der Waals surface area contributed by atoms with Crippen LogP contribution in [0.15, 0.2) is 66.7 Å². The second-order valence-electron chi connectivity index (χ2n) is 8.14. The largest absolute Gasteiger partial charge is 0.207 e. The molecule has 0 fully saturated rings. The fourth-order valence-corrected chi connectivity index (χ4v) is 3.53. The van der Waals surface area contributed by atoms with Crippen molar-refractivity contribution in [3.63, 3.8) is 0 Å². The monoisotopic (exact) mass is 422 g/mol. The van der Waals surface area contributed by atoms with E-state index in [0.29, 0.717) is 5.56 Å². The van der Waals surface area contributed by atoms with E-state index in [9.17, 15) is 4.39 Å². The normalized spacial score (nSPS) is 10.1. The van der Waals surface area contributed by atoms with Crippen LogP contribution in [0.2, 0.25) is 0 Å². The predicted molar refractivity (Wildman–Crippen MR) is 133 cm³/mol. The third-order valence-corrected chi connectivity index (χ3v) is 5.43. The van der Waals surface area contributed by atoms with Crippen molar-refractivity contribution in [2.45, 2.75) is 58.8 Å². The summed E-state index contributed by atoms with van der Waals surface area (Å²) >= 11 is 0. The standard InChI is InChI=1S/C31H31F/c1-3-5-6-7-9-25-10-12-26(13-11-25)14-15-27-16-18-28(19-17-27)20-21-29-22-23-30(8-4-2)31(32)24-29/h10-13,16-19,22-24H,3-9H2,1-2H3. The lowest BCUT2D eigenvalue weighted by Crippen LogP contribution is -1.90. The van der Waals surface area contributed by atoms with Crippen LogP contribution in [-0.2, 0) is 12.8 Å². The van der Waals surface area contributed by atoms with Gasteiger partial charge in [0.1, 0.15) is 5.82 Å². The van der Waals surface area contributed by atoms with Crippen molar-refractivity contribution >= 4 is 0 Å². The quantitative estimate of drug-likeness (QED) is 0.270. The first kappa shape index (κ1) is 23.4.